The SMILES string of the molecule is CCC(=O)N(CC)C1=NSC2C1=C(CC(F)F)C=CC2C. The van der Waals surface area contributed by atoms with Crippen LogP contribution in [0, 0.1) is 5.92 Å². The second kappa shape index (κ2) is 6.73. The van der Waals surface area contributed by atoms with Gasteiger partial charge in [-0.25, -0.2) is 8.78 Å². The highest BCUT2D eigenvalue weighted by Crippen LogP contribution is 2.42. The first-order chi connectivity index (χ1) is 9.99. The van der Waals surface area contributed by atoms with E-state index in [1.807, 2.05) is 19.9 Å². The summed E-state index contributed by atoms with van der Waals surface area (Å²) >= 11 is 1.38. The highest BCUT2D eigenvalue weighted by Gasteiger charge is 2.38. The zero-order chi connectivity index (χ0) is 15.6. The van der Waals surface area contributed by atoms with Gasteiger partial charge in [0.2, 0.25) is 12.3 Å². The summed E-state index contributed by atoms with van der Waals surface area (Å²) in [6.45, 7) is 6.22. The van der Waals surface area contributed by atoms with Crippen LogP contribution in [0.4, 0.5) is 8.78 Å². The Bertz CT molecular complexity index is 514. The van der Waals surface area contributed by atoms with Crippen molar-refractivity contribution in [3.8, 4) is 0 Å². The lowest BCUT2D eigenvalue weighted by Crippen LogP contribution is -2.39. The number of likely N-dealkylation sites (N-methyl/N-ethyl adjacent to an activating group) is 1. The molecule has 0 saturated heterocycles. The molecule has 0 aromatic heterocycles. The average molecular weight is 314 g/mol. The number of allylic oxidation sites excluding steroid dienone is 3. The Labute approximate surface area is 128 Å². The monoisotopic (exact) mass is 314 g/mol. The van der Waals surface area contributed by atoms with Gasteiger partial charge in [0.1, 0.15) is 5.84 Å². The fourth-order valence-electron chi connectivity index (χ4n) is 2.65. The van der Waals surface area contributed by atoms with Gasteiger partial charge in [0, 0.05) is 25.0 Å². The molecule has 0 radical (unpaired) electrons. The molecule has 6 heteroatoms. The van der Waals surface area contributed by atoms with Crippen molar-refractivity contribution in [1.29, 1.82) is 0 Å². The normalized spacial score (nSPS) is 24.4. The van der Waals surface area contributed by atoms with E-state index in [2.05, 4.69) is 4.40 Å². The quantitative estimate of drug-likeness (QED) is 0.739. The van der Waals surface area contributed by atoms with Crippen LogP contribution in [-0.2, 0) is 4.79 Å². The molecule has 0 aromatic rings. The third kappa shape index (κ3) is 3.20. The third-order valence-electron chi connectivity index (χ3n) is 3.75. The van der Waals surface area contributed by atoms with E-state index in [9.17, 15) is 13.6 Å². The van der Waals surface area contributed by atoms with Crippen molar-refractivity contribution >= 4 is 23.7 Å². The number of alkyl halides is 2. The van der Waals surface area contributed by atoms with Gasteiger partial charge in [0.05, 0.1) is 5.25 Å². The Morgan fingerprint density at radius 1 is 1.48 bits per heavy atom. The van der Waals surface area contributed by atoms with Crippen molar-refractivity contribution in [2.45, 2.75) is 45.3 Å². The molecule has 0 aromatic carbocycles. The second-order valence-corrected chi connectivity index (χ2v) is 6.09. The van der Waals surface area contributed by atoms with E-state index in [1.54, 1.807) is 17.9 Å². The highest BCUT2D eigenvalue weighted by atomic mass is 32.2. The van der Waals surface area contributed by atoms with Crippen molar-refractivity contribution in [3.05, 3.63) is 23.3 Å². The summed E-state index contributed by atoms with van der Waals surface area (Å²) in [4.78, 5) is 13.7. The molecule has 2 aliphatic rings. The van der Waals surface area contributed by atoms with Crippen molar-refractivity contribution in [3.63, 3.8) is 0 Å². The number of fused-ring (bicyclic) bond motifs is 1. The molecule has 21 heavy (non-hydrogen) atoms. The zero-order valence-corrected chi connectivity index (χ0v) is 13.3. The van der Waals surface area contributed by atoms with Crippen molar-refractivity contribution in [2.75, 3.05) is 6.54 Å². The Hall–Kier alpha value is -1.17. The molecule has 1 aliphatic heterocycles. The number of amidine groups is 1. The van der Waals surface area contributed by atoms with Crippen LogP contribution < -0.4 is 0 Å². The van der Waals surface area contributed by atoms with Crippen LogP contribution in [0.5, 0.6) is 0 Å². The van der Waals surface area contributed by atoms with Gasteiger partial charge >= 0.3 is 0 Å². The first-order valence-corrected chi connectivity index (χ1v) is 8.07. The number of carbonyl (C=O) groups is 1. The summed E-state index contributed by atoms with van der Waals surface area (Å²) in [7, 11) is 0. The number of halogens is 2. The lowest BCUT2D eigenvalue weighted by Gasteiger charge is -2.28. The van der Waals surface area contributed by atoms with Crippen LogP contribution in [0.2, 0.25) is 0 Å². The van der Waals surface area contributed by atoms with E-state index < -0.39 is 6.43 Å². The van der Waals surface area contributed by atoms with E-state index in [-0.39, 0.29) is 23.5 Å². The largest absolute Gasteiger partial charge is 0.296 e. The summed E-state index contributed by atoms with van der Waals surface area (Å²) in [6, 6.07) is 0. The Balaban J connectivity index is 2.40. The van der Waals surface area contributed by atoms with Gasteiger partial charge in [-0.2, -0.15) is 4.40 Å². The molecule has 0 fully saturated rings. The summed E-state index contributed by atoms with van der Waals surface area (Å²) in [5, 5.41) is 0.0393. The molecule has 0 spiro atoms. The van der Waals surface area contributed by atoms with Gasteiger partial charge in [-0.1, -0.05) is 26.0 Å². The molecule has 116 valence electrons. The van der Waals surface area contributed by atoms with Crippen LogP contribution in [0.25, 0.3) is 0 Å². The minimum Gasteiger partial charge on any atom is -0.296 e. The van der Waals surface area contributed by atoms with Crippen molar-refractivity contribution in [1.82, 2.24) is 4.90 Å². The fourth-order valence-corrected chi connectivity index (χ4v) is 3.71. The molecule has 1 amide bonds. The van der Waals surface area contributed by atoms with Crippen LogP contribution >= 0.6 is 11.9 Å². The molecule has 1 heterocycles. The van der Waals surface area contributed by atoms with E-state index in [0.29, 0.717) is 24.4 Å². The maximum Gasteiger partial charge on any atom is 0.242 e. The fraction of sp³-hybridized carbons (Fsp3) is 0.600. The van der Waals surface area contributed by atoms with Crippen LogP contribution in [0.1, 0.15) is 33.6 Å². The van der Waals surface area contributed by atoms with Crippen molar-refractivity contribution in [2.24, 2.45) is 10.3 Å². The summed E-state index contributed by atoms with van der Waals surface area (Å²) < 4.78 is 30.1. The number of hydrogen-bond acceptors (Lipinski definition) is 3. The maximum absolute atomic E-state index is 12.8. The zero-order valence-electron chi connectivity index (χ0n) is 12.5. The molecule has 2 atom stereocenters. The molecule has 3 nitrogen and oxygen atoms in total. The first-order valence-electron chi connectivity index (χ1n) is 7.23. The van der Waals surface area contributed by atoms with E-state index >= 15 is 0 Å². The van der Waals surface area contributed by atoms with E-state index in [0.717, 1.165) is 5.57 Å². The van der Waals surface area contributed by atoms with Gasteiger partial charge in [-0.05, 0) is 30.4 Å². The Morgan fingerprint density at radius 3 is 2.76 bits per heavy atom. The molecule has 0 saturated carbocycles. The first kappa shape index (κ1) is 16.2. The van der Waals surface area contributed by atoms with Gasteiger partial charge in [0.25, 0.3) is 0 Å². The minimum absolute atomic E-state index is 0.0244. The molecule has 2 unspecified atom stereocenters. The van der Waals surface area contributed by atoms with Gasteiger partial charge in [0.15, 0.2) is 0 Å². The lowest BCUT2D eigenvalue weighted by molar-refractivity contribution is -0.126. The van der Waals surface area contributed by atoms with Crippen molar-refractivity contribution < 1.29 is 13.6 Å². The van der Waals surface area contributed by atoms with Gasteiger partial charge < -0.3 is 0 Å². The number of rotatable bonds is 4. The predicted octanol–water partition coefficient (Wildman–Crippen LogP) is 3.83. The summed E-state index contributed by atoms with van der Waals surface area (Å²) in [5.41, 5.74) is 1.43. The number of hydrogen-bond donors (Lipinski definition) is 0. The van der Waals surface area contributed by atoms with Gasteiger partial charge in [-0.15, -0.1) is 0 Å². The molecular weight excluding hydrogens is 294 g/mol. The highest BCUT2D eigenvalue weighted by molar-refractivity contribution is 7.99. The number of carbonyl (C=O) groups excluding carboxylic acids is 1. The molecule has 1 aliphatic carbocycles. The second-order valence-electron chi connectivity index (χ2n) is 5.18. The topological polar surface area (TPSA) is 32.7 Å². The smallest absolute Gasteiger partial charge is 0.242 e. The average Bonchev–Trinajstić information content (AvgIpc) is 2.88. The van der Waals surface area contributed by atoms with Crippen LogP contribution in [0.15, 0.2) is 27.7 Å². The standard InChI is InChI=1S/C15H20F2N2OS/c1-4-12(20)19(5-2)15-13-10(8-11(16)17)7-6-9(3)14(13)21-18-15/h6-7,9,11,14H,4-5,8H2,1-3H3. The van der Waals surface area contributed by atoms with Gasteiger partial charge in [-0.3, -0.25) is 9.69 Å². The minimum atomic E-state index is -2.39. The molecule has 2 rings (SSSR count). The lowest BCUT2D eigenvalue weighted by atomic mass is 9.87. The Morgan fingerprint density at radius 2 is 2.19 bits per heavy atom. The van der Waals surface area contributed by atoms with E-state index in [1.165, 1.54) is 11.9 Å². The molecule has 0 bridgehead atoms. The molecular formula is C15H20F2N2OS. The van der Waals surface area contributed by atoms with E-state index in [4.69, 9.17) is 0 Å². The summed E-state index contributed by atoms with van der Waals surface area (Å²) in [6.07, 6.45) is 1.43. The Kier molecular flexibility index (Phi) is 5.19. The predicted molar refractivity (Wildman–Crippen MR) is 82.4 cm³/mol. The van der Waals surface area contributed by atoms with Crippen LogP contribution in [0.3, 0.4) is 0 Å². The van der Waals surface area contributed by atoms with Crippen LogP contribution in [-0.4, -0.2) is 34.9 Å². The number of amides is 1. The number of nitrogens with zero attached hydrogens (tertiary/aromatic N) is 2. The third-order valence-corrected chi connectivity index (χ3v) is 4.92. The molecule has 0 N–H and O–H groups in total. The maximum atomic E-state index is 12.8. The summed E-state index contributed by atoms with van der Waals surface area (Å²) in [5.74, 6) is 0.776.